The summed E-state index contributed by atoms with van der Waals surface area (Å²) in [5.74, 6) is -0.0768. The lowest BCUT2D eigenvalue weighted by Gasteiger charge is -2.18. The number of para-hydroxylation sites is 1. The van der Waals surface area contributed by atoms with E-state index in [9.17, 15) is 4.79 Å². The summed E-state index contributed by atoms with van der Waals surface area (Å²) in [6.45, 7) is 1.66. The molecule has 2 rings (SSSR count). The molecule has 120 valence electrons. The summed E-state index contributed by atoms with van der Waals surface area (Å²) >= 11 is 0. The lowest BCUT2D eigenvalue weighted by Crippen LogP contribution is -2.24. The number of pyridine rings is 1. The van der Waals surface area contributed by atoms with Crippen LogP contribution in [0.1, 0.15) is 18.5 Å². The highest BCUT2D eigenvalue weighted by Crippen LogP contribution is 2.11. The lowest BCUT2D eigenvalue weighted by molar-refractivity contribution is -0.116. The second kappa shape index (κ2) is 9.41. The Morgan fingerprint density at radius 1 is 1.13 bits per heavy atom. The molecule has 0 spiro atoms. The van der Waals surface area contributed by atoms with E-state index in [1.165, 1.54) is 11.8 Å². The van der Waals surface area contributed by atoms with Crippen LogP contribution in [0, 0.1) is 0 Å². The molecule has 0 aliphatic heterocycles. The van der Waals surface area contributed by atoms with Crippen molar-refractivity contribution in [3.05, 3.63) is 66.5 Å². The maximum absolute atomic E-state index is 11.7. The van der Waals surface area contributed by atoms with Gasteiger partial charge in [-0.3, -0.25) is 9.78 Å². The van der Waals surface area contributed by atoms with E-state index in [2.05, 4.69) is 34.4 Å². The van der Waals surface area contributed by atoms with Crippen LogP contribution in [-0.4, -0.2) is 31.0 Å². The minimum Gasteiger partial charge on any atom is -0.375 e. The zero-order chi connectivity index (χ0) is 16.3. The Kier molecular flexibility index (Phi) is 6.85. The monoisotopic (exact) mass is 309 g/mol. The maximum atomic E-state index is 11.7. The lowest BCUT2D eigenvalue weighted by atomic mass is 10.2. The molecule has 0 saturated carbocycles. The van der Waals surface area contributed by atoms with E-state index in [0.717, 1.165) is 25.1 Å². The molecule has 1 N–H and O–H groups in total. The Morgan fingerprint density at radius 3 is 2.65 bits per heavy atom. The van der Waals surface area contributed by atoms with Crippen molar-refractivity contribution in [3.63, 3.8) is 0 Å². The van der Waals surface area contributed by atoms with Gasteiger partial charge in [0.05, 0.1) is 5.69 Å². The number of hydrogen-bond donors (Lipinski definition) is 1. The van der Waals surface area contributed by atoms with Crippen molar-refractivity contribution in [1.29, 1.82) is 0 Å². The highest BCUT2D eigenvalue weighted by atomic mass is 16.1. The van der Waals surface area contributed by atoms with Crippen molar-refractivity contribution in [1.82, 2.24) is 10.3 Å². The van der Waals surface area contributed by atoms with E-state index in [-0.39, 0.29) is 5.91 Å². The van der Waals surface area contributed by atoms with Crippen LogP contribution in [0.25, 0.3) is 6.08 Å². The van der Waals surface area contributed by atoms with E-state index < -0.39 is 0 Å². The first kappa shape index (κ1) is 16.7. The fraction of sp³-hybridized carbons (Fsp3) is 0.263. The Balaban J connectivity index is 1.60. The van der Waals surface area contributed by atoms with E-state index >= 15 is 0 Å². The number of nitrogens with one attached hydrogen (secondary N) is 1. The normalized spacial score (nSPS) is 10.7. The molecule has 0 aliphatic carbocycles. The summed E-state index contributed by atoms with van der Waals surface area (Å²) in [5, 5.41) is 2.89. The highest BCUT2D eigenvalue weighted by Gasteiger charge is 2.00. The smallest absolute Gasteiger partial charge is 0.244 e. The molecule has 1 amide bonds. The molecule has 4 heteroatoms. The topological polar surface area (TPSA) is 45.2 Å². The molecule has 0 unspecified atom stereocenters. The third-order valence-corrected chi connectivity index (χ3v) is 3.51. The number of amides is 1. The fourth-order valence-corrected chi connectivity index (χ4v) is 2.19. The van der Waals surface area contributed by atoms with Crippen molar-refractivity contribution in [2.24, 2.45) is 0 Å². The van der Waals surface area contributed by atoms with Crippen LogP contribution in [0.15, 0.2) is 60.8 Å². The minimum atomic E-state index is -0.0768. The second-order valence-corrected chi connectivity index (χ2v) is 5.34. The zero-order valence-electron chi connectivity index (χ0n) is 13.5. The third-order valence-electron chi connectivity index (χ3n) is 3.51. The molecule has 0 bridgehead atoms. The zero-order valence-corrected chi connectivity index (χ0v) is 13.5. The number of carbonyl (C=O) groups excluding carboxylic acids is 1. The fourth-order valence-electron chi connectivity index (χ4n) is 2.19. The Labute approximate surface area is 137 Å². The maximum Gasteiger partial charge on any atom is 0.244 e. The molecule has 2 aromatic rings. The van der Waals surface area contributed by atoms with E-state index in [4.69, 9.17) is 0 Å². The SMILES string of the molecule is CN(CCCCNC(=O)/C=C/c1ccccn1)c1ccccc1. The van der Waals surface area contributed by atoms with Gasteiger partial charge in [0, 0.05) is 38.1 Å². The number of hydrogen-bond acceptors (Lipinski definition) is 3. The van der Waals surface area contributed by atoms with Gasteiger partial charge < -0.3 is 10.2 Å². The number of benzene rings is 1. The summed E-state index contributed by atoms with van der Waals surface area (Å²) in [6.07, 6.45) is 6.95. The van der Waals surface area contributed by atoms with E-state index in [1.807, 2.05) is 36.4 Å². The number of aromatic nitrogens is 1. The van der Waals surface area contributed by atoms with Gasteiger partial charge in [0.2, 0.25) is 5.91 Å². The standard InChI is InChI=1S/C19H23N3O/c1-22(18-10-3-2-4-11-18)16-8-7-15-21-19(23)13-12-17-9-5-6-14-20-17/h2-6,9-14H,7-8,15-16H2,1H3,(H,21,23)/b13-12+. The molecule has 0 radical (unpaired) electrons. The van der Waals surface area contributed by atoms with Crippen molar-refractivity contribution in [2.45, 2.75) is 12.8 Å². The molecule has 1 aromatic carbocycles. The van der Waals surface area contributed by atoms with Gasteiger partial charge in [0.25, 0.3) is 0 Å². The Morgan fingerprint density at radius 2 is 1.91 bits per heavy atom. The predicted octanol–water partition coefficient (Wildman–Crippen LogP) is 3.13. The molecule has 4 nitrogen and oxygen atoms in total. The van der Waals surface area contributed by atoms with Gasteiger partial charge in [-0.25, -0.2) is 0 Å². The molecule has 0 saturated heterocycles. The largest absolute Gasteiger partial charge is 0.375 e. The number of carbonyl (C=O) groups is 1. The summed E-state index contributed by atoms with van der Waals surface area (Å²) < 4.78 is 0. The first-order valence-corrected chi connectivity index (χ1v) is 7.89. The van der Waals surface area contributed by atoms with Crippen LogP contribution >= 0.6 is 0 Å². The highest BCUT2D eigenvalue weighted by molar-refractivity contribution is 5.91. The molecule has 1 aromatic heterocycles. The van der Waals surface area contributed by atoms with Gasteiger partial charge in [0.1, 0.15) is 0 Å². The van der Waals surface area contributed by atoms with Crippen LogP contribution in [0.3, 0.4) is 0 Å². The number of unbranched alkanes of at least 4 members (excludes halogenated alkanes) is 1. The summed E-state index contributed by atoms with van der Waals surface area (Å²) in [5.41, 5.74) is 2.00. The van der Waals surface area contributed by atoms with Crippen LogP contribution in [0.5, 0.6) is 0 Å². The average Bonchev–Trinajstić information content (AvgIpc) is 2.61. The minimum absolute atomic E-state index is 0.0768. The Bertz CT molecular complexity index is 611. The Hall–Kier alpha value is -2.62. The van der Waals surface area contributed by atoms with Crippen molar-refractivity contribution >= 4 is 17.7 Å². The summed E-state index contributed by atoms with van der Waals surface area (Å²) in [7, 11) is 2.09. The molecule has 0 aliphatic rings. The van der Waals surface area contributed by atoms with E-state index in [0.29, 0.717) is 6.54 Å². The van der Waals surface area contributed by atoms with Crippen molar-refractivity contribution < 1.29 is 4.79 Å². The second-order valence-electron chi connectivity index (χ2n) is 5.34. The van der Waals surface area contributed by atoms with E-state index in [1.54, 1.807) is 12.3 Å². The summed E-state index contributed by atoms with van der Waals surface area (Å²) in [4.78, 5) is 18.1. The molecule has 0 fully saturated rings. The first-order valence-electron chi connectivity index (χ1n) is 7.89. The number of anilines is 1. The average molecular weight is 309 g/mol. The number of nitrogens with zero attached hydrogens (tertiary/aromatic N) is 2. The van der Waals surface area contributed by atoms with Gasteiger partial charge in [-0.15, -0.1) is 0 Å². The van der Waals surface area contributed by atoms with Gasteiger partial charge >= 0.3 is 0 Å². The van der Waals surface area contributed by atoms with Gasteiger partial charge in [-0.1, -0.05) is 24.3 Å². The molecular formula is C19H23N3O. The molecule has 1 heterocycles. The van der Waals surface area contributed by atoms with Crippen LogP contribution in [-0.2, 0) is 4.79 Å². The van der Waals surface area contributed by atoms with Crippen LogP contribution in [0.2, 0.25) is 0 Å². The third kappa shape index (κ3) is 6.34. The summed E-state index contributed by atoms with van der Waals surface area (Å²) in [6, 6.07) is 15.9. The number of rotatable bonds is 8. The van der Waals surface area contributed by atoms with Crippen LogP contribution in [0.4, 0.5) is 5.69 Å². The van der Waals surface area contributed by atoms with Gasteiger partial charge in [0.15, 0.2) is 0 Å². The molecular weight excluding hydrogens is 286 g/mol. The van der Waals surface area contributed by atoms with Gasteiger partial charge in [-0.2, -0.15) is 0 Å². The first-order chi connectivity index (χ1) is 11.3. The van der Waals surface area contributed by atoms with Crippen molar-refractivity contribution in [2.75, 3.05) is 25.0 Å². The van der Waals surface area contributed by atoms with Crippen molar-refractivity contribution in [3.8, 4) is 0 Å². The van der Waals surface area contributed by atoms with Crippen LogP contribution < -0.4 is 10.2 Å². The predicted molar refractivity (Wildman–Crippen MR) is 95.2 cm³/mol. The quantitative estimate of drug-likeness (QED) is 0.602. The molecule has 0 atom stereocenters. The van der Waals surface area contributed by atoms with Gasteiger partial charge in [-0.05, 0) is 43.2 Å². The molecule has 23 heavy (non-hydrogen) atoms.